The van der Waals surface area contributed by atoms with Crippen molar-refractivity contribution >= 4 is 44.3 Å². The topological polar surface area (TPSA) is 88.8 Å². The van der Waals surface area contributed by atoms with Crippen LogP contribution in [0.3, 0.4) is 0 Å². The summed E-state index contributed by atoms with van der Waals surface area (Å²) in [6.07, 6.45) is -4.47. The van der Waals surface area contributed by atoms with Gasteiger partial charge in [-0.1, -0.05) is 0 Å². The fourth-order valence-corrected chi connectivity index (χ4v) is 3.36. The molecule has 0 aliphatic carbocycles. The summed E-state index contributed by atoms with van der Waals surface area (Å²) in [6, 6.07) is 6.13. The number of carbonyl (C=O) groups is 2. The number of nitrogens with zero attached hydrogens (tertiary/aromatic N) is 1. The normalized spacial score (nSPS) is 11.3. The Morgan fingerprint density at radius 3 is 2.41 bits per heavy atom. The largest absolute Gasteiger partial charge is 0.465 e. The molecule has 0 saturated carbocycles. The predicted octanol–water partition coefficient (Wildman–Crippen LogP) is 4.33. The van der Waals surface area contributed by atoms with Crippen LogP contribution in [-0.4, -0.2) is 26.2 Å². The molecular formula is C18H13F3N2O5S. The van der Waals surface area contributed by atoms with Crippen LogP contribution in [-0.2, 0) is 10.9 Å². The first-order valence-corrected chi connectivity index (χ1v) is 8.80. The van der Waals surface area contributed by atoms with E-state index in [1.54, 1.807) is 0 Å². The number of ether oxygens (including phenoxy) is 1. The Labute approximate surface area is 165 Å². The van der Waals surface area contributed by atoms with Crippen molar-refractivity contribution in [3.63, 3.8) is 0 Å². The maximum atomic E-state index is 12.6. The third kappa shape index (κ3) is 4.24. The standard InChI is InChI=1S/C18H13F3N2O5S/c1-23(17(26)22-10-5-3-9(4-6-10)18(19,20)21)14-8-12-13(29-14)7-11(15(24)27-2)16(25)28-12/h3-8H,1-2H3,(H,22,26). The lowest BCUT2D eigenvalue weighted by Gasteiger charge is -2.16. The molecule has 0 aliphatic rings. The zero-order valence-electron chi connectivity index (χ0n) is 15.0. The number of nitrogens with one attached hydrogen (secondary N) is 1. The summed E-state index contributed by atoms with van der Waals surface area (Å²) in [6.45, 7) is 0. The monoisotopic (exact) mass is 426 g/mol. The Morgan fingerprint density at radius 2 is 1.83 bits per heavy atom. The maximum Gasteiger partial charge on any atom is 0.416 e. The molecule has 0 aliphatic heterocycles. The van der Waals surface area contributed by atoms with Gasteiger partial charge in [0.1, 0.15) is 10.6 Å². The van der Waals surface area contributed by atoms with E-state index in [1.165, 1.54) is 24.1 Å². The SMILES string of the molecule is COC(=O)c1cc2sc(N(C)C(=O)Nc3ccc(C(F)(F)F)cc3)cc2oc1=O. The van der Waals surface area contributed by atoms with Gasteiger partial charge in [0.2, 0.25) is 0 Å². The summed E-state index contributed by atoms with van der Waals surface area (Å²) in [5.41, 5.74) is -1.62. The maximum absolute atomic E-state index is 12.6. The number of thiophene rings is 1. The van der Waals surface area contributed by atoms with Crippen molar-refractivity contribution in [1.29, 1.82) is 0 Å². The van der Waals surface area contributed by atoms with Crippen LogP contribution in [0, 0.1) is 0 Å². The van der Waals surface area contributed by atoms with Crippen LogP contribution in [0.25, 0.3) is 10.3 Å². The minimum absolute atomic E-state index is 0.176. The van der Waals surface area contributed by atoms with Gasteiger partial charge in [-0.2, -0.15) is 13.2 Å². The Kier molecular flexibility index (Phi) is 5.33. The molecule has 2 amide bonds. The van der Waals surface area contributed by atoms with Crippen molar-refractivity contribution in [2.24, 2.45) is 0 Å². The van der Waals surface area contributed by atoms with Crippen molar-refractivity contribution < 1.29 is 31.9 Å². The molecule has 0 radical (unpaired) electrons. The molecule has 11 heteroatoms. The number of carbonyl (C=O) groups excluding carboxylic acids is 2. The zero-order valence-corrected chi connectivity index (χ0v) is 15.8. The molecule has 0 saturated heterocycles. The third-order valence-electron chi connectivity index (χ3n) is 3.91. The molecule has 0 spiro atoms. The van der Waals surface area contributed by atoms with Crippen LogP contribution >= 0.6 is 11.3 Å². The summed E-state index contributed by atoms with van der Waals surface area (Å²) in [5.74, 6) is -0.844. The fourth-order valence-electron chi connectivity index (χ4n) is 2.37. The number of esters is 1. The molecule has 0 unspecified atom stereocenters. The number of methoxy groups -OCH3 is 1. The fraction of sp³-hybridized carbons (Fsp3) is 0.167. The summed E-state index contributed by atoms with van der Waals surface area (Å²) in [7, 11) is 2.56. The van der Waals surface area contributed by atoms with Crippen molar-refractivity contribution in [2.45, 2.75) is 6.18 Å². The van der Waals surface area contributed by atoms with Crippen LogP contribution in [0.1, 0.15) is 15.9 Å². The van der Waals surface area contributed by atoms with E-state index in [9.17, 15) is 27.6 Å². The first kappa shape index (κ1) is 20.4. The number of alkyl halides is 3. The lowest BCUT2D eigenvalue weighted by Crippen LogP contribution is -2.30. The van der Waals surface area contributed by atoms with Crippen LogP contribution in [0.5, 0.6) is 0 Å². The van der Waals surface area contributed by atoms with Gasteiger partial charge < -0.3 is 14.5 Å². The van der Waals surface area contributed by atoms with E-state index in [1.807, 2.05) is 0 Å². The summed E-state index contributed by atoms with van der Waals surface area (Å²) >= 11 is 1.08. The molecule has 3 aromatic rings. The third-order valence-corrected chi connectivity index (χ3v) is 5.05. The minimum Gasteiger partial charge on any atom is -0.465 e. The zero-order chi connectivity index (χ0) is 21.3. The average Bonchev–Trinajstić information content (AvgIpc) is 3.08. The molecule has 29 heavy (non-hydrogen) atoms. The molecule has 1 aromatic carbocycles. The number of amides is 2. The first-order chi connectivity index (χ1) is 13.6. The summed E-state index contributed by atoms with van der Waals surface area (Å²) in [4.78, 5) is 37.0. The minimum atomic E-state index is -4.47. The molecule has 3 rings (SSSR count). The van der Waals surface area contributed by atoms with E-state index < -0.39 is 29.4 Å². The molecule has 1 N–H and O–H groups in total. The Balaban J connectivity index is 1.81. The number of rotatable bonds is 3. The van der Waals surface area contributed by atoms with E-state index in [4.69, 9.17) is 4.42 Å². The molecule has 0 atom stereocenters. The first-order valence-electron chi connectivity index (χ1n) is 7.98. The Hall–Kier alpha value is -3.34. The van der Waals surface area contributed by atoms with Crippen molar-refractivity contribution in [2.75, 3.05) is 24.4 Å². The quantitative estimate of drug-likeness (QED) is 0.630. The summed E-state index contributed by atoms with van der Waals surface area (Å²) < 4.78 is 47.9. The number of halogens is 3. The number of hydrogen-bond acceptors (Lipinski definition) is 6. The molecule has 7 nitrogen and oxygen atoms in total. The highest BCUT2D eigenvalue weighted by Crippen LogP contribution is 2.33. The van der Waals surface area contributed by atoms with E-state index >= 15 is 0 Å². The van der Waals surface area contributed by atoms with Gasteiger partial charge in [-0.25, -0.2) is 14.4 Å². The molecule has 2 aromatic heterocycles. The van der Waals surface area contributed by atoms with Gasteiger partial charge in [-0.3, -0.25) is 4.90 Å². The van der Waals surface area contributed by atoms with Crippen LogP contribution in [0.4, 0.5) is 28.7 Å². The van der Waals surface area contributed by atoms with Crippen LogP contribution in [0.2, 0.25) is 0 Å². The van der Waals surface area contributed by atoms with E-state index in [0.29, 0.717) is 9.70 Å². The van der Waals surface area contributed by atoms with Crippen molar-refractivity contribution in [3.05, 3.63) is 57.9 Å². The van der Waals surface area contributed by atoms with Gasteiger partial charge in [-0.15, -0.1) is 11.3 Å². The van der Waals surface area contributed by atoms with E-state index in [2.05, 4.69) is 10.1 Å². The molecule has 2 heterocycles. The molecule has 152 valence electrons. The van der Waals surface area contributed by atoms with Gasteiger partial charge in [-0.05, 0) is 30.3 Å². The van der Waals surface area contributed by atoms with Gasteiger partial charge in [0.25, 0.3) is 0 Å². The van der Waals surface area contributed by atoms with E-state index in [-0.39, 0.29) is 16.8 Å². The van der Waals surface area contributed by atoms with Crippen LogP contribution in [0.15, 0.2) is 45.6 Å². The Bertz CT molecular complexity index is 1140. The molecule has 0 bridgehead atoms. The number of fused-ring (bicyclic) bond motifs is 1. The number of anilines is 2. The van der Waals surface area contributed by atoms with Gasteiger partial charge in [0.05, 0.1) is 17.4 Å². The van der Waals surface area contributed by atoms with Gasteiger partial charge >= 0.3 is 23.8 Å². The highest BCUT2D eigenvalue weighted by atomic mass is 32.1. The second-order valence-electron chi connectivity index (χ2n) is 5.82. The number of hydrogen-bond donors (Lipinski definition) is 1. The van der Waals surface area contributed by atoms with E-state index in [0.717, 1.165) is 42.7 Å². The summed E-state index contributed by atoms with van der Waals surface area (Å²) in [5, 5.41) is 2.86. The molecular weight excluding hydrogens is 413 g/mol. The number of benzene rings is 1. The van der Waals surface area contributed by atoms with Crippen molar-refractivity contribution in [1.82, 2.24) is 0 Å². The lowest BCUT2D eigenvalue weighted by molar-refractivity contribution is -0.137. The van der Waals surface area contributed by atoms with Crippen LogP contribution < -0.4 is 15.8 Å². The Morgan fingerprint density at radius 1 is 1.17 bits per heavy atom. The van der Waals surface area contributed by atoms with Crippen molar-refractivity contribution in [3.8, 4) is 0 Å². The molecule has 0 fully saturated rings. The highest BCUT2D eigenvalue weighted by Gasteiger charge is 2.30. The second-order valence-corrected chi connectivity index (χ2v) is 6.88. The predicted molar refractivity (Wildman–Crippen MR) is 101 cm³/mol. The number of urea groups is 1. The highest BCUT2D eigenvalue weighted by molar-refractivity contribution is 7.22. The lowest BCUT2D eigenvalue weighted by atomic mass is 10.2. The second kappa shape index (κ2) is 7.59. The average molecular weight is 426 g/mol. The van der Waals surface area contributed by atoms with Gasteiger partial charge in [0.15, 0.2) is 5.58 Å². The smallest absolute Gasteiger partial charge is 0.416 e. The van der Waals surface area contributed by atoms with Gasteiger partial charge in [0, 0.05) is 18.8 Å².